The van der Waals surface area contributed by atoms with E-state index in [1.807, 2.05) is 0 Å². The van der Waals surface area contributed by atoms with Gasteiger partial charge in [0.05, 0.1) is 14.2 Å². The highest BCUT2D eigenvalue weighted by atomic mass is 19.1. The molecule has 2 aromatic carbocycles. The van der Waals surface area contributed by atoms with Crippen molar-refractivity contribution in [3.8, 4) is 17.2 Å². The molecule has 0 bridgehead atoms. The summed E-state index contributed by atoms with van der Waals surface area (Å²) < 4.78 is 34.1. The Hall–Kier alpha value is -3.68. The SMILES string of the molecule is COc1cc(/C=C2/N=C(c3cccc(F)c3)OC2=O)cc(OC)c1OC(C)=O. The summed E-state index contributed by atoms with van der Waals surface area (Å²) >= 11 is 0. The molecule has 3 rings (SSSR count). The zero-order valence-electron chi connectivity index (χ0n) is 15.3. The minimum absolute atomic E-state index is 0.00575. The lowest BCUT2D eigenvalue weighted by molar-refractivity contribution is -0.132. The van der Waals surface area contributed by atoms with Crippen LogP contribution >= 0.6 is 0 Å². The van der Waals surface area contributed by atoms with Crippen LogP contribution in [0.3, 0.4) is 0 Å². The zero-order chi connectivity index (χ0) is 20.3. The van der Waals surface area contributed by atoms with Crippen LogP contribution in [0.2, 0.25) is 0 Å². The fraction of sp³-hybridized carbons (Fsp3) is 0.150. The van der Waals surface area contributed by atoms with E-state index in [0.717, 1.165) is 0 Å². The van der Waals surface area contributed by atoms with Gasteiger partial charge >= 0.3 is 11.9 Å². The fourth-order valence-corrected chi connectivity index (χ4v) is 2.54. The van der Waals surface area contributed by atoms with E-state index in [9.17, 15) is 14.0 Å². The summed E-state index contributed by atoms with van der Waals surface area (Å²) in [6, 6.07) is 8.67. The Labute approximate surface area is 160 Å². The second-order valence-electron chi connectivity index (χ2n) is 5.69. The molecule has 0 saturated heterocycles. The number of carbonyl (C=O) groups is 2. The molecule has 28 heavy (non-hydrogen) atoms. The van der Waals surface area contributed by atoms with Gasteiger partial charge in [0.2, 0.25) is 11.6 Å². The molecule has 1 aliphatic rings. The molecule has 0 amide bonds. The van der Waals surface area contributed by atoms with Gasteiger partial charge in [0.1, 0.15) is 5.82 Å². The van der Waals surface area contributed by atoms with Crippen molar-refractivity contribution in [3.63, 3.8) is 0 Å². The number of hydrogen-bond donors (Lipinski definition) is 0. The molecule has 1 aliphatic heterocycles. The van der Waals surface area contributed by atoms with Gasteiger partial charge in [-0.2, -0.15) is 0 Å². The minimum atomic E-state index is -0.679. The van der Waals surface area contributed by atoms with E-state index < -0.39 is 17.8 Å². The molecule has 0 fully saturated rings. The largest absolute Gasteiger partial charge is 0.493 e. The third-order valence-electron chi connectivity index (χ3n) is 3.72. The van der Waals surface area contributed by atoms with E-state index >= 15 is 0 Å². The number of esters is 2. The van der Waals surface area contributed by atoms with E-state index in [4.69, 9.17) is 18.9 Å². The summed E-state index contributed by atoms with van der Waals surface area (Å²) in [6.45, 7) is 1.26. The molecular weight excluding hydrogens is 369 g/mol. The molecule has 7 nitrogen and oxygen atoms in total. The lowest BCUT2D eigenvalue weighted by Crippen LogP contribution is -2.06. The molecule has 0 aromatic heterocycles. The van der Waals surface area contributed by atoms with Gasteiger partial charge in [-0.1, -0.05) is 6.07 Å². The summed E-state index contributed by atoms with van der Waals surface area (Å²) in [5.41, 5.74) is 0.863. The Bertz CT molecular complexity index is 987. The van der Waals surface area contributed by atoms with Crippen molar-refractivity contribution in [1.82, 2.24) is 0 Å². The first kappa shape index (κ1) is 19.1. The number of carbonyl (C=O) groups excluding carboxylic acids is 2. The molecular formula is C20H16FNO6. The van der Waals surface area contributed by atoms with E-state index in [1.165, 1.54) is 45.4 Å². The van der Waals surface area contributed by atoms with Crippen LogP contribution in [0, 0.1) is 5.82 Å². The van der Waals surface area contributed by atoms with Crippen LogP contribution in [0.1, 0.15) is 18.1 Å². The highest BCUT2D eigenvalue weighted by molar-refractivity contribution is 6.12. The van der Waals surface area contributed by atoms with Gasteiger partial charge in [-0.05, 0) is 42.0 Å². The predicted octanol–water partition coefficient (Wildman–Crippen LogP) is 3.11. The average Bonchev–Trinajstić information content (AvgIpc) is 3.02. The quantitative estimate of drug-likeness (QED) is 0.447. The van der Waals surface area contributed by atoms with Gasteiger partial charge < -0.3 is 18.9 Å². The Balaban J connectivity index is 2.00. The Kier molecular flexibility index (Phi) is 5.39. The van der Waals surface area contributed by atoms with Gasteiger partial charge in [0.15, 0.2) is 17.2 Å². The maximum atomic E-state index is 13.4. The number of halogens is 1. The van der Waals surface area contributed by atoms with Crippen LogP contribution in [0.15, 0.2) is 47.1 Å². The molecule has 0 atom stereocenters. The van der Waals surface area contributed by atoms with Gasteiger partial charge in [-0.15, -0.1) is 0 Å². The molecule has 0 spiro atoms. The summed E-state index contributed by atoms with van der Waals surface area (Å²) in [5.74, 6) is -1.08. The van der Waals surface area contributed by atoms with Crippen LogP contribution in [0.4, 0.5) is 4.39 Å². The molecule has 2 aromatic rings. The number of nitrogens with zero attached hydrogens (tertiary/aromatic N) is 1. The van der Waals surface area contributed by atoms with Gasteiger partial charge in [0.25, 0.3) is 0 Å². The minimum Gasteiger partial charge on any atom is -0.493 e. The van der Waals surface area contributed by atoms with Crippen LogP contribution in [-0.2, 0) is 14.3 Å². The molecule has 0 N–H and O–H groups in total. The fourth-order valence-electron chi connectivity index (χ4n) is 2.54. The smallest absolute Gasteiger partial charge is 0.363 e. The van der Waals surface area contributed by atoms with Crippen LogP contribution in [-0.4, -0.2) is 32.1 Å². The van der Waals surface area contributed by atoms with E-state index in [-0.39, 0.29) is 28.8 Å². The summed E-state index contributed by atoms with van der Waals surface area (Å²) in [6.07, 6.45) is 1.46. The molecule has 1 heterocycles. The van der Waals surface area contributed by atoms with Crippen molar-refractivity contribution < 1.29 is 32.9 Å². The molecule has 8 heteroatoms. The molecule has 0 unspecified atom stereocenters. The molecule has 0 aliphatic carbocycles. The van der Waals surface area contributed by atoms with E-state index in [1.54, 1.807) is 18.2 Å². The van der Waals surface area contributed by atoms with Gasteiger partial charge in [-0.3, -0.25) is 4.79 Å². The van der Waals surface area contributed by atoms with Crippen molar-refractivity contribution >= 4 is 23.9 Å². The second kappa shape index (κ2) is 7.91. The third kappa shape index (κ3) is 4.01. The Morgan fingerprint density at radius 3 is 2.39 bits per heavy atom. The first-order valence-corrected chi connectivity index (χ1v) is 8.14. The lowest BCUT2D eigenvalue weighted by Gasteiger charge is -2.13. The molecule has 0 saturated carbocycles. The number of rotatable bonds is 5. The maximum Gasteiger partial charge on any atom is 0.363 e. The summed E-state index contributed by atoms with van der Waals surface area (Å²) in [5, 5.41) is 0. The van der Waals surface area contributed by atoms with Crippen molar-refractivity contribution in [2.24, 2.45) is 4.99 Å². The predicted molar refractivity (Wildman–Crippen MR) is 97.9 cm³/mol. The van der Waals surface area contributed by atoms with Crippen molar-refractivity contribution in [2.75, 3.05) is 14.2 Å². The highest BCUT2D eigenvalue weighted by Crippen LogP contribution is 2.39. The first-order valence-electron chi connectivity index (χ1n) is 8.14. The monoisotopic (exact) mass is 385 g/mol. The van der Waals surface area contributed by atoms with Gasteiger partial charge in [-0.25, -0.2) is 14.2 Å². The second-order valence-corrected chi connectivity index (χ2v) is 5.69. The zero-order valence-corrected chi connectivity index (χ0v) is 15.3. The van der Waals surface area contributed by atoms with Gasteiger partial charge in [0, 0.05) is 12.5 Å². The first-order chi connectivity index (χ1) is 13.4. The highest BCUT2D eigenvalue weighted by Gasteiger charge is 2.25. The number of aliphatic imine (C=N–C) groups is 1. The van der Waals surface area contributed by atoms with Crippen molar-refractivity contribution in [2.45, 2.75) is 6.92 Å². The van der Waals surface area contributed by atoms with E-state index in [0.29, 0.717) is 11.1 Å². The molecule has 144 valence electrons. The number of hydrogen-bond acceptors (Lipinski definition) is 7. The van der Waals surface area contributed by atoms with Crippen LogP contribution in [0.5, 0.6) is 17.2 Å². The number of benzene rings is 2. The lowest BCUT2D eigenvalue weighted by atomic mass is 10.1. The van der Waals surface area contributed by atoms with Crippen LogP contribution < -0.4 is 14.2 Å². The number of ether oxygens (including phenoxy) is 4. The number of methoxy groups -OCH3 is 2. The third-order valence-corrected chi connectivity index (χ3v) is 3.72. The molecule has 0 radical (unpaired) electrons. The normalized spacial score (nSPS) is 14.5. The summed E-state index contributed by atoms with van der Waals surface area (Å²) in [7, 11) is 2.81. The Morgan fingerprint density at radius 1 is 1.14 bits per heavy atom. The van der Waals surface area contributed by atoms with Crippen LogP contribution in [0.25, 0.3) is 6.08 Å². The Morgan fingerprint density at radius 2 is 1.82 bits per heavy atom. The topological polar surface area (TPSA) is 83.4 Å². The number of cyclic esters (lactones) is 1. The average molecular weight is 385 g/mol. The van der Waals surface area contributed by atoms with E-state index in [2.05, 4.69) is 4.99 Å². The van der Waals surface area contributed by atoms with Crippen molar-refractivity contribution in [3.05, 3.63) is 59.0 Å². The standard InChI is InChI=1S/C20H16FNO6/c1-11(23)27-18-16(25-2)8-12(9-17(18)26-3)7-15-20(24)28-19(22-15)13-5-4-6-14(21)10-13/h4-10H,1-3H3/b15-7+. The van der Waals surface area contributed by atoms with Crippen molar-refractivity contribution in [1.29, 1.82) is 0 Å². The summed E-state index contributed by atoms with van der Waals surface area (Å²) in [4.78, 5) is 27.6. The maximum absolute atomic E-state index is 13.4.